The largest absolute Gasteiger partial charge is 0.325 e. The highest BCUT2D eigenvalue weighted by Crippen LogP contribution is 2.31. The molecule has 0 spiro atoms. The maximum absolute atomic E-state index is 13.3. The van der Waals surface area contributed by atoms with Crippen LogP contribution in [0.3, 0.4) is 0 Å². The molecule has 4 amide bonds. The van der Waals surface area contributed by atoms with Gasteiger partial charge in [0.15, 0.2) is 5.65 Å². The molecule has 9 nitrogen and oxygen atoms in total. The van der Waals surface area contributed by atoms with E-state index in [4.69, 9.17) is 0 Å². The van der Waals surface area contributed by atoms with Crippen LogP contribution in [0.25, 0.3) is 16.4 Å². The third-order valence-corrected chi connectivity index (χ3v) is 5.45. The van der Waals surface area contributed by atoms with Crippen LogP contribution in [-0.4, -0.2) is 43.9 Å². The van der Waals surface area contributed by atoms with Crippen molar-refractivity contribution in [1.29, 1.82) is 0 Å². The van der Waals surface area contributed by atoms with Crippen molar-refractivity contribution in [3.8, 4) is 0 Å². The van der Waals surface area contributed by atoms with Crippen molar-refractivity contribution in [2.45, 2.75) is 12.5 Å². The minimum atomic E-state index is -1.31. The minimum Gasteiger partial charge on any atom is -0.319 e. The van der Waals surface area contributed by atoms with Gasteiger partial charge in [-0.05, 0) is 41.5 Å². The Morgan fingerprint density at radius 2 is 1.91 bits per heavy atom. The summed E-state index contributed by atoms with van der Waals surface area (Å²) in [6.45, 7) is 1.09. The number of imide groups is 1. The Labute approximate surface area is 180 Å². The zero-order chi connectivity index (χ0) is 22.5. The van der Waals surface area contributed by atoms with E-state index in [0.29, 0.717) is 11.2 Å². The lowest BCUT2D eigenvalue weighted by Crippen LogP contribution is -2.42. The highest BCUT2D eigenvalue weighted by Gasteiger charge is 2.49. The second kappa shape index (κ2) is 7.12. The molecule has 2 N–H and O–H groups in total. The number of carbonyl (C=O) groups is 3. The topological polar surface area (TPSA) is 109 Å². The number of pyridine rings is 1. The second-order valence-electron chi connectivity index (χ2n) is 7.64. The molecule has 0 aliphatic carbocycles. The number of rotatable bonds is 4. The predicted octanol–water partition coefficient (Wildman–Crippen LogP) is 2.43. The quantitative estimate of drug-likeness (QED) is 0.482. The van der Waals surface area contributed by atoms with Crippen molar-refractivity contribution in [2.75, 3.05) is 11.9 Å². The number of urea groups is 1. The van der Waals surface area contributed by atoms with Gasteiger partial charge in [0.25, 0.3) is 5.91 Å². The number of aromatic nitrogens is 3. The smallest absolute Gasteiger partial charge is 0.319 e. The summed E-state index contributed by atoms with van der Waals surface area (Å²) in [7, 11) is 0. The Bertz CT molecular complexity index is 1420. The molecule has 0 saturated carbocycles. The summed E-state index contributed by atoms with van der Waals surface area (Å²) < 4.78 is 14.5. The summed E-state index contributed by atoms with van der Waals surface area (Å²) in [6.07, 6.45) is 1.12. The van der Waals surface area contributed by atoms with E-state index in [-0.39, 0.29) is 5.95 Å². The van der Waals surface area contributed by atoms with Gasteiger partial charge in [-0.3, -0.25) is 19.8 Å². The summed E-state index contributed by atoms with van der Waals surface area (Å²) in [4.78, 5) is 43.1. The number of nitrogens with one attached hydrogen (secondary N) is 2. The number of hydrogen-bond acceptors (Lipinski definition) is 5. The van der Waals surface area contributed by atoms with Gasteiger partial charge in [-0.1, -0.05) is 36.4 Å². The molecule has 1 unspecified atom stereocenters. The van der Waals surface area contributed by atoms with Gasteiger partial charge in [0.2, 0.25) is 11.9 Å². The number of anilines is 1. The normalized spacial score (nSPS) is 18.4. The molecule has 160 valence electrons. The number of carbonyl (C=O) groups excluding carboxylic acids is 3. The van der Waals surface area contributed by atoms with Gasteiger partial charge < -0.3 is 5.32 Å². The van der Waals surface area contributed by atoms with Crippen molar-refractivity contribution >= 4 is 40.2 Å². The highest BCUT2D eigenvalue weighted by molar-refractivity contribution is 6.10. The van der Waals surface area contributed by atoms with Crippen LogP contribution in [-0.2, 0) is 15.1 Å². The molecule has 1 fully saturated rings. The molecule has 10 heteroatoms. The van der Waals surface area contributed by atoms with Gasteiger partial charge in [-0.2, -0.15) is 4.98 Å². The van der Waals surface area contributed by atoms with Gasteiger partial charge in [0, 0.05) is 0 Å². The van der Waals surface area contributed by atoms with Crippen molar-refractivity contribution < 1.29 is 18.8 Å². The SMILES string of the molecule is CC1(c2ccc3ccccc3c2)NC(=O)N(CC(=O)Nc2nc3ccc(F)cn3n2)C1=O. The molecule has 1 saturated heterocycles. The zero-order valence-electron chi connectivity index (χ0n) is 16.9. The fourth-order valence-electron chi connectivity index (χ4n) is 3.76. The van der Waals surface area contributed by atoms with Gasteiger partial charge in [-0.25, -0.2) is 13.7 Å². The second-order valence-corrected chi connectivity index (χ2v) is 7.64. The van der Waals surface area contributed by atoms with Gasteiger partial charge in [-0.15, -0.1) is 5.10 Å². The van der Waals surface area contributed by atoms with E-state index < -0.39 is 35.7 Å². The van der Waals surface area contributed by atoms with Crippen LogP contribution in [0.15, 0.2) is 60.8 Å². The lowest BCUT2D eigenvalue weighted by Gasteiger charge is -2.22. The van der Waals surface area contributed by atoms with Crippen LogP contribution in [0.1, 0.15) is 12.5 Å². The molecule has 1 aliphatic rings. The van der Waals surface area contributed by atoms with Crippen LogP contribution in [0, 0.1) is 5.82 Å². The molecule has 1 aliphatic heterocycles. The third-order valence-electron chi connectivity index (χ3n) is 5.45. The fraction of sp³-hybridized carbons (Fsp3) is 0.136. The molecule has 0 bridgehead atoms. The zero-order valence-corrected chi connectivity index (χ0v) is 16.9. The Kier molecular flexibility index (Phi) is 4.36. The Hall–Kier alpha value is -4.34. The van der Waals surface area contributed by atoms with E-state index in [9.17, 15) is 18.8 Å². The fourth-order valence-corrected chi connectivity index (χ4v) is 3.76. The lowest BCUT2D eigenvalue weighted by atomic mass is 9.90. The van der Waals surface area contributed by atoms with Crippen LogP contribution in [0.2, 0.25) is 0 Å². The Morgan fingerprint density at radius 1 is 1.12 bits per heavy atom. The van der Waals surface area contributed by atoms with E-state index in [1.54, 1.807) is 13.0 Å². The standard InChI is InChI=1S/C22H17FN6O3/c1-22(15-7-6-13-4-2-3-5-14(13)10-15)19(31)28(21(32)26-22)12-18(30)25-20-24-17-9-8-16(23)11-29(17)27-20/h2-11H,12H2,1H3,(H,26,32)(H,25,27,30). The van der Waals surface area contributed by atoms with Crippen LogP contribution < -0.4 is 10.6 Å². The van der Waals surface area contributed by atoms with Crippen LogP contribution in [0.5, 0.6) is 0 Å². The maximum atomic E-state index is 13.3. The van der Waals surface area contributed by atoms with Crippen molar-refractivity contribution in [2.24, 2.45) is 0 Å². The summed E-state index contributed by atoms with van der Waals surface area (Å²) in [6, 6.07) is 15.1. The average molecular weight is 432 g/mol. The predicted molar refractivity (Wildman–Crippen MR) is 113 cm³/mol. The third kappa shape index (κ3) is 3.22. The summed E-state index contributed by atoms with van der Waals surface area (Å²) in [5, 5.41) is 11.0. The molecular weight excluding hydrogens is 415 g/mol. The minimum absolute atomic E-state index is 0.0649. The van der Waals surface area contributed by atoms with E-state index in [1.165, 1.54) is 16.6 Å². The van der Waals surface area contributed by atoms with E-state index >= 15 is 0 Å². The van der Waals surface area contributed by atoms with E-state index in [1.807, 2.05) is 36.4 Å². The molecule has 1 atom stereocenters. The summed E-state index contributed by atoms with van der Waals surface area (Å²) in [5.41, 5.74) is -0.359. The van der Waals surface area contributed by atoms with Gasteiger partial charge >= 0.3 is 6.03 Å². The monoisotopic (exact) mass is 432 g/mol. The first-order valence-corrected chi connectivity index (χ1v) is 9.79. The highest BCUT2D eigenvalue weighted by atomic mass is 19.1. The Balaban J connectivity index is 1.35. The first kappa shape index (κ1) is 19.6. The summed E-state index contributed by atoms with van der Waals surface area (Å²) in [5.74, 6) is -1.77. The molecule has 5 rings (SSSR count). The molecule has 2 aromatic carbocycles. The molecule has 0 radical (unpaired) electrons. The molecule has 2 aromatic heterocycles. The number of fused-ring (bicyclic) bond motifs is 2. The van der Waals surface area contributed by atoms with Crippen molar-refractivity contribution in [3.63, 3.8) is 0 Å². The van der Waals surface area contributed by atoms with Crippen molar-refractivity contribution in [1.82, 2.24) is 24.8 Å². The number of halogens is 1. The molecule has 4 aromatic rings. The van der Waals surface area contributed by atoms with Crippen molar-refractivity contribution in [3.05, 3.63) is 72.2 Å². The number of benzene rings is 2. The van der Waals surface area contributed by atoms with E-state index in [0.717, 1.165) is 21.9 Å². The summed E-state index contributed by atoms with van der Waals surface area (Å²) >= 11 is 0. The maximum Gasteiger partial charge on any atom is 0.325 e. The van der Waals surface area contributed by atoms with Crippen LogP contribution in [0.4, 0.5) is 15.1 Å². The number of amides is 4. The average Bonchev–Trinajstić information content (AvgIpc) is 3.26. The molecule has 32 heavy (non-hydrogen) atoms. The van der Waals surface area contributed by atoms with Gasteiger partial charge in [0.05, 0.1) is 6.20 Å². The molecular formula is C22H17FN6O3. The van der Waals surface area contributed by atoms with Gasteiger partial charge in [0.1, 0.15) is 17.9 Å². The Morgan fingerprint density at radius 3 is 2.72 bits per heavy atom. The van der Waals surface area contributed by atoms with Crippen LogP contribution >= 0.6 is 0 Å². The number of nitrogens with zero attached hydrogens (tertiary/aromatic N) is 4. The van der Waals surface area contributed by atoms with E-state index in [2.05, 4.69) is 20.7 Å². The first-order chi connectivity index (χ1) is 15.3. The number of hydrogen-bond donors (Lipinski definition) is 2. The lowest BCUT2D eigenvalue weighted by molar-refractivity contribution is -0.133. The first-order valence-electron chi connectivity index (χ1n) is 9.79. The molecule has 3 heterocycles.